The molecule has 2 aromatic carbocycles. The van der Waals surface area contributed by atoms with Crippen LogP contribution in [-0.2, 0) is 9.59 Å². The Hall–Kier alpha value is -2.92. The van der Waals surface area contributed by atoms with Gasteiger partial charge in [0.2, 0.25) is 0 Å². The standard InChI is InChI=1S/C24H28N2O3/c1-3-25(4-2)16-11-17-26-21(18-12-7-5-8-13-18)20(23(28)24(26)29)22(27)19-14-9-6-10-15-19/h5-10,12-15,21,27H,3-4,11,16-17H2,1-2H3/p+1. The molecule has 2 N–H and O–H groups in total. The summed E-state index contributed by atoms with van der Waals surface area (Å²) in [5.41, 5.74) is 1.54. The number of rotatable bonds is 8. The maximum absolute atomic E-state index is 12.9. The number of benzene rings is 2. The number of amides is 1. The van der Waals surface area contributed by atoms with Crippen LogP contribution >= 0.6 is 0 Å². The van der Waals surface area contributed by atoms with E-state index >= 15 is 0 Å². The van der Waals surface area contributed by atoms with Gasteiger partial charge in [-0.3, -0.25) is 9.59 Å². The summed E-state index contributed by atoms with van der Waals surface area (Å²) in [5, 5.41) is 10.9. The summed E-state index contributed by atoms with van der Waals surface area (Å²) >= 11 is 0. The molecule has 5 heteroatoms. The van der Waals surface area contributed by atoms with Gasteiger partial charge in [0.15, 0.2) is 0 Å². The first-order valence-electron chi connectivity index (χ1n) is 10.3. The number of ketones is 1. The lowest BCUT2D eigenvalue weighted by atomic mass is 9.95. The largest absolute Gasteiger partial charge is 0.507 e. The van der Waals surface area contributed by atoms with Gasteiger partial charge in [-0.05, 0) is 19.4 Å². The molecular formula is C24H29N2O3+. The molecule has 1 atom stereocenters. The van der Waals surface area contributed by atoms with Crippen molar-refractivity contribution in [2.24, 2.45) is 0 Å². The zero-order valence-electron chi connectivity index (χ0n) is 17.1. The summed E-state index contributed by atoms with van der Waals surface area (Å²) in [6, 6.07) is 17.8. The molecular weight excluding hydrogens is 364 g/mol. The first-order valence-corrected chi connectivity index (χ1v) is 10.3. The van der Waals surface area contributed by atoms with Gasteiger partial charge >= 0.3 is 0 Å². The molecule has 0 aliphatic carbocycles. The lowest BCUT2D eigenvalue weighted by molar-refractivity contribution is -0.896. The number of aliphatic hydroxyl groups is 1. The van der Waals surface area contributed by atoms with Crippen molar-refractivity contribution in [2.45, 2.75) is 26.3 Å². The minimum absolute atomic E-state index is 0.116. The number of nitrogens with zero attached hydrogens (tertiary/aromatic N) is 1. The van der Waals surface area contributed by atoms with Crippen LogP contribution in [0.5, 0.6) is 0 Å². The van der Waals surface area contributed by atoms with E-state index in [1.165, 1.54) is 4.90 Å². The van der Waals surface area contributed by atoms with Crippen molar-refractivity contribution in [3.8, 4) is 0 Å². The highest BCUT2D eigenvalue weighted by atomic mass is 16.3. The molecule has 1 aliphatic heterocycles. The predicted molar refractivity (Wildman–Crippen MR) is 113 cm³/mol. The molecule has 0 bridgehead atoms. The van der Waals surface area contributed by atoms with E-state index in [9.17, 15) is 14.7 Å². The first kappa shape index (κ1) is 20.8. The Labute approximate surface area is 172 Å². The van der Waals surface area contributed by atoms with Gasteiger partial charge in [-0.25, -0.2) is 0 Å². The normalized spacial score (nSPS) is 18.6. The van der Waals surface area contributed by atoms with E-state index in [2.05, 4.69) is 13.8 Å². The van der Waals surface area contributed by atoms with Crippen molar-refractivity contribution in [1.29, 1.82) is 0 Å². The van der Waals surface area contributed by atoms with Gasteiger partial charge in [0.1, 0.15) is 5.76 Å². The number of Topliss-reactive ketones (excluding diaryl/α,β-unsaturated/α-hetero) is 1. The number of likely N-dealkylation sites (tertiary alicyclic amines) is 1. The number of nitrogens with one attached hydrogen (secondary N) is 1. The molecule has 1 saturated heterocycles. The Morgan fingerprint density at radius 3 is 2.14 bits per heavy atom. The Kier molecular flexibility index (Phi) is 6.83. The van der Waals surface area contributed by atoms with Crippen molar-refractivity contribution in [1.82, 2.24) is 4.90 Å². The maximum Gasteiger partial charge on any atom is 0.295 e. The lowest BCUT2D eigenvalue weighted by Gasteiger charge is -2.26. The fourth-order valence-corrected chi connectivity index (χ4v) is 3.95. The molecule has 1 heterocycles. The summed E-state index contributed by atoms with van der Waals surface area (Å²) < 4.78 is 0. The number of hydrogen-bond donors (Lipinski definition) is 2. The zero-order chi connectivity index (χ0) is 20.8. The van der Waals surface area contributed by atoms with E-state index in [1.807, 2.05) is 36.4 Å². The summed E-state index contributed by atoms with van der Waals surface area (Å²) in [5.74, 6) is -1.27. The molecule has 0 saturated carbocycles. The third-order valence-electron chi connectivity index (χ3n) is 5.63. The maximum atomic E-state index is 12.9. The SMILES string of the molecule is CC[NH+](CC)CCCN1C(=O)C(=O)C(=C(O)c2ccccc2)C1c1ccccc1. The highest BCUT2D eigenvalue weighted by molar-refractivity contribution is 6.46. The molecule has 5 nitrogen and oxygen atoms in total. The van der Waals surface area contributed by atoms with Gasteiger partial charge in [-0.15, -0.1) is 0 Å². The summed E-state index contributed by atoms with van der Waals surface area (Å²) in [6.45, 7) is 7.79. The van der Waals surface area contributed by atoms with Crippen LogP contribution in [0.15, 0.2) is 66.2 Å². The minimum Gasteiger partial charge on any atom is -0.507 e. The van der Waals surface area contributed by atoms with Crippen LogP contribution < -0.4 is 4.90 Å². The molecule has 2 aromatic rings. The van der Waals surface area contributed by atoms with E-state index in [1.54, 1.807) is 29.2 Å². The topological polar surface area (TPSA) is 62.0 Å². The third kappa shape index (κ3) is 4.40. The smallest absolute Gasteiger partial charge is 0.295 e. The molecule has 3 rings (SSSR count). The van der Waals surface area contributed by atoms with Crippen LogP contribution in [0, 0.1) is 0 Å². The van der Waals surface area contributed by atoms with Gasteiger partial charge in [0.25, 0.3) is 11.7 Å². The molecule has 0 spiro atoms. The Balaban J connectivity index is 1.98. The van der Waals surface area contributed by atoms with E-state index < -0.39 is 17.7 Å². The quantitative estimate of drug-likeness (QED) is 0.411. The van der Waals surface area contributed by atoms with Gasteiger partial charge in [-0.1, -0.05) is 60.7 Å². The molecule has 1 unspecified atom stereocenters. The Morgan fingerprint density at radius 1 is 0.966 bits per heavy atom. The van der Waals surface area contributed by atoms with E-state index in [-0.39, 0.29) is 11.3 Å². The van der Waals surface area contributed by atoms with Crippen LogP contribution in [-0.4, -0.2) is 47.9 Å². The lowest BCUT2D eigenvalue weighted by Crippen LogP contribution is -3.11. The van der Waals surface area contributed by atoms with Crippen molar-refractivity contribution < 1.29 is 19.6 Å². The number of quaternary nitrogens is 1. The summed E-state index contributed by atoms with van der Waals surface area (Å²) in [4.78, 5) is 28.9. The van der Waals surface area contributed by atoms with Crippen LogP contribution in [0.2, 0.25) is 0 Å². The van der Waals surface area contributed by atoms with Gasteiger partial charge in [0, 0.05) is 18.5 Å². The fraction of sp³-hybridized carbons (Fsp3) is 0.333. The van der Waals surface area contributed by atoms with E-state index in [0.717, 1.165) is 31.6 Å². The van der Waals surface area contributed by atoms with Crippen LogP contribution in [0.4, 0.5) is 0 Å². The number of aliphatic hydroxyl groups excluding tert-OH is 1. The van der Waals surface area contributed by atoms with E-state index in [4.69, 9.17) is 0 Å². The molecule has 1 amide bonds. The van der Waals surface area contributed by atoms with Crippen LogP contribution in [0.3, 0.4) is 0 Å². The summed E-state index contributed by atoms with van der Waals surface area (Å²) in [6.07, 6.45) is 0.804. The number of carbonyl (C=O) groups excluding carboxylic acids is 2. The number of hydrogen-bond acceptors (Lipinski definition) is 3. The highest BCUT2D eigenvalue weighted by Crippen LogP contribution is 2.39. The Morgan fingerprint density at radius 2 is 1.55 bits per heavy atom. The molecule has 152 valence electrons. The van der Waals surface area contributed by atoms with E-state index in [0.29, 0.717) is 12.1 Å². The average molecular weight is 394 g/mol. The van der Waals surface area contributed by atoms with Gasteiger partial charge < -0.3 is 14.9 Å². The molecule has 29 heavy (non-hydrogen) atoms. The summed E-state index contributed by atoms with van der Waals surface area (Å²) in [7, 11) is 0. The average Bonchev–Trinajstić information content (AvgIpc) is 3.02. The Bertz CT molecular complexity index is 874. The van der Waals surface area contributed by atoms with Crippen molar-refractivity contribution in [2.75, 3.05) is 26.2 Å². The van der Waals surface area contributed by atoms with Crippen LogP contribution in [0.25, 0.3) is 5.76 Å². The molecule has 1 fully saturated rings. The third-order valence-corrected chi connectivity index (χ3v) is 5.63. The van der Waals surface area contributed by atoms with Crippen molar-refractivity contribution >= 4 is 17.4 Å². The first-order chi connectivity index (χ1) is 14.1. The predicted octanol–water partition coefficient (Wildman–Crippen LogP) is 2.42. The number of carbonyl (C=O) groups is 2. The fourth-order valence-electron chi connectivity index (χ4n) is 3.95. The second-order valence-corrected chi connectivity index (χ2v) is 7.33. The minimum atomic E-state index is -0.615. The zero-order valence-corrected chi connectivity index (χ0v) is 17.1. The molecule has 1 aliphatic rings. The van der Waals surface area contributed by atoms with Crippen molar-refractivity contribution in [3.05, 3.63) is 77.4 Å². The monoisotopic (exact) mass is 393 g/mol. The highest BCUT2D eigenvalue weighted by Gasteiger charge is 2.45. The van der Waals surface area contributed by atoms with Gasteiger partial charge in [-0.2, -0.15) is 0 Å². The van der Waals surface area contributed by atoms with Crippen LogP contribution in [0.1, 0.15) is 37.4 Å². The van der Waals surface area contributed by atoms with Gasteiger partial charge in [0.05, 0.1) is 31.2 Å². The molecule has 0 radical (unpaired) electrons. The van der Waals surface area contributed by atoms with Crippen molar-refractivity contribution in [3.63, 3.8) is 0 Å². The second-order valence-electron chi connectivity index (χ2n) is 7.33. The second kappa shape index (κ2) is 9.52. The molecule has 0 aromatic heterocycles.